The van der Waals surface area contributed by atoms with Gasteiger partial charge in [-0.05, 0) is 49.3 Å². The monoisotopic (exact) mass is 273 g/mol. The number of amides is 1. The van der Waals surface area contributed by atoms with E-state index < -0.39 is 0 Å². The third-order valence-corrected chi connectivity index (χ3v) is 4.87. The molecule has 0 unspecified atom stereocenters. The van der Waals surface area contributed by atoms with Gasteiger partial charge in [-0.15, -0.1) is 0 Å². The second-order valence-corrected chi connectivity index (χ2v) is 6.29. The molecule has 2 aliphatic rings. The molecule has 1 aromatic rings. The minimum Gasteiger partial charge on any atom is -0.497 e. The average molecular weight is 273 g/mol. The van der Waals surface area contributed by atoms with E-state index in [9.17, 15) is 4.79 Å². The zero-order valence-electron chi connectivity index (χ0n) is 12.4. The summed E-state index contributed by atoms with van der Waals surface area (Å²) >= 11 is 0. The molecule has 1 aliphatic heterocycles. The molecule has 1 saturated heterocycles. The SMILES string of the molecule is COc1ccc(C2(C(=O)N3CCC(C)CC3)CC2)cc1. The lowest BCUT2D eigenvalue weighted by Crippen LogP contribution is -2.43. The number of methoxy groups -OCH3 is 1. The van der Waals surface area contributed by atoms with Crippen molar-refractivity contribution in [3.8, 4) is 5.75 Å². The van der Waals surface area contributed by atoms with Gasteiger partial charge in [-0.2, -0.15) is 0 Å². The van der Waals surface area contributed by atoms with Crippen LogP contribution in [0.25, 0.3) is 0 Å². The van der Waals surface area contributed by atoms with Crippen LogP contribution in [0.2, 0.25) is 0 Å². The van der Waals surface area contributed by atoms with Crippen molar-refractivity contribution in [2.75, 3.05) is 20.2 Å². The maximum atomic E-state index is 12.8. The van der Waals surface area contributed by atoms with Crippen molar-refractivity contribution in [1.29, 1.82) is 0 Å². The summed E-state index contributed by atoms with van der Waals surface area (Å²) in [6, 6.07) is 8.02. The number of rotatable bonds is 3. The van der Waals surface area contributed by atoms with Crippen LogP contribution in [0.15, 0.2) is 24.3 Å². The Labute approximate surface area is 120 Å². The number of benzene rings is 1. The smallest absolute Gasteiger partial charge is 0.233 e. The molecule has 0 N–H and O–H groups in total. The highest BCUT2D eigenvalue weighted by atomic mass is 16.5. The minimum absolute atomic E-state index is 0.229. The van der Waals surface area contributed by atoms with Crippen LogP contribution in [-0.4, -0.2) is 31.0 Å². The van der Waals surface area contributed by atoms with Crippen LogP contribution in [0, 0.1) is 5.92 Å². The van der Waals surface area contributed by atoms with Crippen molar-refractivity contribution in [1.82, 2.24) is 4.90 Å². The van der Waals surface area contributed by atoms with E-state index in [0.29, 0.717) is 5.91 Å². The molecule has 108 valence electrons. The van der Waals surface area contributed by atoms with E-state index in [-0.39, 0.29) is 5.41 Å². The van der Waals surface area contributed by atoms with Crippen molar-refractivity contribution in [2.24, 2.45) is 5.92 Å². The van der Waals surface area contributed by atoms with Crippen LogP contribution < -0.4 is 4.74 Å². The van der Waals surface area contributed by atoms with Crippen LogP contribution >= 0.6 is 0 Å². The Balaban J connectivity index is 1.76. The molecule has 0 radical (unpaired) electrons. The second-order valence-electron chi connectivity index (χ2n) is 6.29. The normalized spacial score (nSPS) is 21.6. The first kappa shape index (κ1) is 13.5. The lowest BCUT2D eigenvalue weighted by Gasteiger charge is -2.33. The summed E-state index contributed by atoms with van der Waals surface area (Å²) in [5.74, 6) is 1.95. The summed E-state index contributed by atoms with van der Waals surface area (Å²) in [5.41, 5.74) is 0.925. The first-order valence-corrected chi connectivity index (χ1v) is 7.59. The largest absolute Gasteiger partial charge is 0.497 e. The number of ether oxygens (including phenoxy) is 1. The van der Waals surface area contributed by atoms with Gasteiger partial charge >= 0.3 is 0 Å². The van der Waals surface area contributed by atoms with Crippen molar-refractivity contribution >= 4 is 5.91 Å². The molecular formula is C17H23NO2. The molecule has 1 heterocycles. The van der Waals surface area contributed by atoms with E-state index in [2.05, 4.69) is 24.0 Å². The number of nitrogens with zero attached hydrogens (tertiary/aromatic N) is 1. The molecule has 0 bridgehead atoms. The van der Waals surface area contributed by atoms with Gasteiger partial charge in [0.15, 0.2) is 0 Å². The van der Waals surface area contributed by atoms with Gasteiger partial charge in [0.05, 0.1) is 12.5 Å². The molecule has 20 heavy (non-hydrogen) atoms. The molecule has 0 spiro atoms. The molecule has 0 aromatic heterocycles. The maximum absolute atomic E-state index is 12.8. The fraction of sp³-hybridized carbons (Fsp3) is 0.588. The predicted molar refractivity (Wildman–Crippen MR) is 78.9 cm³/mol. The Hall–Kier alpha value is -1.51. The van der Waals surface area contributed by atoms with Crippen LogP contribution in [-0.2, 0) is 10.2 Å². The standard InChI is InChI=1S/C17H23NO2/c1-13-7-11-18(12-8-13)16(19)17(9-10-17)14-3-5-15(20-2)6-4-14/h3-6,13H,7-12H2,1-2H3. The van der Waals surface area contributed by atoms with Gasteiger partial charge in [0.1, 0.15) is 5.75 Å². The highest BCUT2D eigenvalue weighted by molar-refractivity contribution is 5.91. The summed E-state index contributed by atoms with van der Waals surface area (Å²) in [7, 11) is 1.67. The van der Waals surface area contributed by atoms with E-state index >= 15 is 0 Å². The Morgan fingerprint density at radius 2 is 1.80 bits per heavy atom. The highest BCUT2D eigenvalue weighted by Crippen LogP contribution is 2.50. The Morgan fingerprint density at radius 3 is 2.30 bits per heavy atom. The number of hydrogen-bond donors (Lipinski definition) is 0. The molecule has 1 aliphatic carbocycles. The van der Waals surface area contributed by atoms with Gasteiger partial charge in [-0.3, -0.25) is 4.79 Å². The molecule has 0 atom stereocenters. The van der Waals surface area contributed by atoms with E-state index in [1.54, 1.807) is 7.11 Å². The summed E-state index contributed by atoms with van der Waals surface area (Å²) in [5, 5.41) is 0. The second kappa shape index (κ2) is 5.12. The predicted octanol–water partition coefficient (Wildman–Crippen LogP) is 2.99. The number of carbonyl (C=O) groups excluding carboxylic acids is 1. The van der Waals surface area contributed by atoms with Crippen LogP contribution in [0.3, 0.4) is 0 Å². The molecule has 1 amide bonds. The third-order valence-electron chi connectivity index (χ3n) is 4.87. The summed E-state index contributed by atoms with van der Waals surface area (Å²) in [4.78, 5) is 14.9. The van der Waals surface area contributed by atoms with Crippen molar-refractivity contribution < 1.29 is 9.53 Å². The first-order chi connectivity index (χ1) is 9.65. The van der Waals surface area contributed by atoms with Crippen LogP contribution in [0.4, 0.5) is 0 Å². The molecule has 3 heteroatoms. The Bertz CT molecular complexity index is 482. The van der Waals surface area contributed by atoms with Crippen LogP contribution in [0.5, 0.6) is 5.75 Å². The lowest BCUT2D eigenvalue weighted by atomic mass is 9.92. The number of hydrogen-bond acceptors (Lipinski definition) is 2. The molecule has 3 rings (SSSR count). The molecule has 1 aromatic carbocycles. The maximum Gasteiger partial charge on any atom is 0.233 e. The van der Waals surface area contributed by atoms with Gasteiger partial charge in [0.2, 0.25) is 5.91 Å². The van der Waals surface area contributed by atoms with Gasteiger partial charge in [0.25, 0.3) is 0 Å². The quantitative estimate of drug-likeness (QED) is 0.847. The fourth-order valence-electron chi connectivity index (χ4n) is 3.18. The van der Waals surface area contributed by atoms with Gasteiger partial charge < -0.3 is 9.64 Å². The van der Waals surface area contributed by atoms with Gasteiger partial charge in [-0.1, -0.05) is 19.1 Å². The van der Waals surface area contributed by atoms with Gasteiger partial charge in [-0.25, -0.2) is 0 Å². The Morgan fingerprint density at radius 1 is 1.20 bits per heavy atom. The molecule has 3 nitrogen and oxygen atoms in total. The molecule has 2 fully saturated rings. The van der Waals surface area contributed by atoms with Crippen molar-refractivity contribution in [3.63, 3.8) is 0 Å². The summed E-state index contributed by atoms with van der Waals surface area (Å²) < 4.78 is 5.20. The molecular weight excluding hydrogens is 250 g/mol. The summed E-state index contributed by atoms with van der Waals surface area (Å²) in [6.45, 7) is 4.13. The fourth-order valence-corrected chi connectivity index (χ4v) is 3.18. The number of likely N-dealkylation sites (tertiary alicyclic amines) is 1. The minimum atomic E-state index is -0.229. The first-order valence-electron chi connectivity index (χ1n) is 7.59. The third kappa shape index (κ3) is 2.30. The van der Waals surface area contributed by atoms with E-state index in [4.69, 9.17) is 4.74 Å². The molecule has 1 saturated carbocycles. The van der Waals surface area contributed by atoms with Crippen molar-refractivity contribution in [2.45, 2.75) is 38.0 Å². The zero-order valence-corrected chi connectivity index (χ0v) is 12.4. The number of piperidine rings is 1. The lowest BCUT2D eigenvalue weighted by molar-refractivity contribution is -0.135. The average Bonchev–Trinajstić information content (AvgIpc) is 3.29. The topological polar surface area (TPSA) is 29.5 Å². The van der Waals surface area contributed by atoms with E-state index in [0.717, 1.165) is 56.0 Å². The van der Waals surface area contributed by atoms with Crippen LogP contribution in [0.1, 0.15) is 38.2 Å². The number of carbonyl (C=O) groups is 1. The van der Waals surface area contributed by atoms with E-state index in [1.165, 1.54) is 0 Å². The highest BCUT2D eigenvalue weighted by Gasteiger charge is 2.53. The zero-order chi connectivity index (χ0) is 14.2. The van der Waals surface area contributed by atoms with Crippen molar-refractivity contribution in [3.05, 3.63) is 29.8 Å². The van der Waals surface area contributed by atoms with Gasteiger partial charge in [0, 0.05) is 13.1 Å². The Kier molecular flexibility index (Phi) is 3.45. The van der Waals surface area contributed by atoms with E-state index in [1.807, 2.05) is 12.1 Å². The summed E-state index contributed by atoms with van der Waals surface area (Å²) in [6.07, 6.45) is 4.27.